The van der Waals surface area contributed by atoms with Crippen molar-refractivity contribution in [2.24, 2.45) is 61.8 Å². The Morgan fingerprint density at radius 1 is 0.789 bits per heavy atom. The fourth-order valence-corrected chi connectivity index (χ4v) is 8.66. The lowest BCUT2D eigenvalue weighted by molar-refractivity contribution is -0.136. The SMILES string of the molecule is NCCCC[C@H](NC(=O)[C@H](Cc1cnc[nH]1)NC(=O)[C@@H]1CCCN1C(=O)C(CCCN)=NC(=O)CNC(=O)C(NC(=O)[C@@H](NC(=O)[C@@H](N)CCCCN)[C@@H](O)CN)C1CCCC1)C(=O)N/C(=C\CCN=C(N)N)C(N)=O. The maximum absolute atomic E-state index is 14.3. The van der Waals surface area contributed by atoms with Gasteiger partial charge in [0.05, 0.1) is 25.0 Å². The topological polar surface area (TPSA) is 511 Å². The van der Waals surface area contributed by atoms with Crippen LogP contribution in [0.5, 0.6) is 0 Å². The number of aliphatic imine (C=N–C) groups is 2. The molecule has 2 heterocycles. The van der Waals surface area contributed by atoms with Crippen molar-refractivity contribution >= 4 is 64.8 Å². The van der Waals surface area contributed by atoms with Gasteiger partial charge in [-0.1, -0.05) is 25.3 Å². The highest BCUT2D eigenvalue weighted by molar-refractivity contribution is 6.40. The number of primary amides is 1. The van der Waals surface area contributed by atoms with Gasteiger partial charge in [-0.05, 0) is 103 Å². The van der Waals surface area contributed by atoms with Crippen LogP contribution in [0.1, 0.15) is 102 Å². The monoisotopic (exact) mass is 1070 g/mol. The molecule has 7 atom stereocenters. The molecule has 1 aliphatic carbocycles. The number of hydrogen-bond acceptors (Lipinski definition) is 17. The minimum atomic E-state index is -1.56. The number of carbonyl (C=O) groups excluding carboxylic acids is 9. The molecule has 0 bridgehead atoms. The average molecular weight is 1070 g/mol. The molecule has 1 unspecified atom stereocenters. The van der Waals surface area contributed by atoms with Crippen LogP contribution in [0.2, 0.25) is 0 Å². The number of aliphatic hydroxyl groups excluding tert-OH is 1. The van der Waals surface area contributed by atoms with Crippen LogP contribution in [0.15, 0.2) is 34.3 Å². The number of unbranched alkanes of at least 4 members (excludes halogenated alkanes) is 2. The summed E-state index contributed by atoms with van der Waals surface area (Å²) in [6.07, 6.45) is 8.37. The summed E-state index contributed by atoms with van der Waals surface area (Å²) in [5.74, 6) is -7.81. The lowest BCUT2D eigenvalue weighted by Crippen LogP contribution is -2.61. The number of aliphatic hydroxyl groups is 1. The standard InChI is InChI=1S/C47H81N19O10/c48-17-5-3-12-29(52)40(70)65-38(35(67)23-51)45(75)64-37(27-10-1-2-11-27)44(74)58-25-36(68)60-32(14-7-19-50)46(76)66-21-9-16-34(66)43(73)63-33(22-28-24-56-26-59-28)42(72)62-31(13-4-6-18-49)41(71)61-30(39(53)69)15-8-20-57-47(54)55/h15,24,26-27,29,31,33-35,37-38,67H,1-14,16-23,25,48-52H2,(H2,53,69)(H,56,59)(H,58,74)(H,61,71)(H,62,72)(H,63,73)(H,64,75)(H,65,70)(H4,54,55,57)/b30-15-,60-32?/t29-,31-,33-,34-,35-,37?,38-/m0/s1. The van der Waals surface area contributed by atoms with Crippen molar-refractivity contribution in [1.29, 1.82) is 0 Å². The van der Waals surface area contributed by atoms with Gasteiger partial charge in [0.15, 0.2) is 5.96 Å². The van der Waals surface area contributed by atoms with Gasteiger partial charge in [-0.15, -0.1) is 0 Å². The average Bonchev–Trinajstić information content (AvgIpc) is 4.23. The predicted octanol–water partition coefficient (Wildman–Crippen LogP) is -6.05. The first-order valence-corrected chi connectivity index (χ1v) is 25.8. The van der Waals surface area contributed by atoms with Crippen LogP contribution in [0, 0.1) is 5.92 Å². The van der Waals surface area contributed by atoms with E-state index in [-0.39, 0.29) is 87.9 Å². The molecule has 1 saturated heterocycles. The third-order valence-electron chi connectivity index (χ3n) is 12.8. The minimum absolute atomic E-state index is 0.0741. The molecular weight excluding hydrogens is 991 g/mol. The van der Waals surface area contributed by atoms with Gasteiger partial charge < -0.3 is 92.8 Å². The second-order valence-electron chi connectivity index (χ2n) is 18.7. The van der Waals surface area contributed by atoms with Crippen molar-refractivity contribution in [3.8, 4) is 0 Å². The van der Waals surface area contributed by atoms with Crippen LogP contribution in [0.25, 0.3) is 0 Å². The minimum Gasteiger partial charge on any atom is -0.389 e. The number of hydrogen-bond donors (Lipinski definition) is 16. The maximum atomic E-state index is 14.3. The summed E-state index contributed by atoms with van der Waals surface area (Å²) in [6, 6.07) is -7.46. The quantitative estimate of drug-likeness (QED) is 0.0132. The van der Waals surface area contributed by atoms with Crippen LogP contribution in [-0.4, -0.2) is 173 Å². The Bertz CT molecular complexity index is 2180. The Labute approximate surface area is 441 Å². The molecule has 9 amide bonds. The first kappa shape index (κ1) is 63.4. The Kier molecular flexibility index (Phi) is 28.3. The molecule has 2 aliphatic rings. The van der Waals surface area contributed by atoms with E-state index in [1.165, 1.54) is 23.5 Å². The van der Waals surface area contributed by atoms with E-state index in [2.05, 4.69) is 51.9 Å². The Morgan fingerprint density at radius 2 is 1.47 bits per heavy atom. The lowest BCUT2D eigenvalue weighted by Gasteiger charge is -2.29. The van der Waals surface area contributed by atoms with E-state index in [0.29, 0.717) is 63.7 Å². The molecule has 0 aromatic carbocycles. The normalized spacial score (nSPS) is 17.3. The molecule has 76 heavy (non-hydrogen) atoms. The molecule has 424 valence electrons. The number of H-pyrrole nitrogens is 1. The van der Waals surface area contributed by atoms with Gasteiger partial charge >= 0.3 is 0 Å². The number of nitrogens with two attached hydrogens (primary N) is 8. The molecule has 29 nitrogen and oxygen atoms in total. The van der Waals surface area contributed by atoms with Crippen LogP contribution >= 0.6 is 0 Å². The van der Waals surface area contributed by atoms with Gasteiger partial charge in [0.1, 0.15) is 41.6 Å². The molecule has 0 radical (unpaired) electrons. The third-order valence-corrected chi connectivity index (χ3v) is 12.8. The largest absolute Gasteiger partial charge is 0.389 e. The fourth-order valence-electron chi connectivity index (χ4n) is 8.66. The van der Waals surface area contributed by atoms with E-state index in [0.717, 1.165) is 12.8 Å². The van der Waals surface area contributed by atoms with Crippen LogP contribution in [0.3, 0.4) is 0 Å². The smallest absolute Gasteiger partial charge is 0.269 e. The Morgan fingerprint density at radius 3 is 2.09 bits per heavy atom. The number of likely N-dealkylation sites (tertiary alicyclic amines) is 1. The van der Waals surface area contributed by atoms with Crippen LogP contribution in [0.4, 0.5) is 0 Å². The van der Waals surface area contributed by atoms with Crippen molar-refractivity contribution in [3.05, 3.63) is 30.0 Å². The van der Waals surface area contributed by atoms with E-state index < -0.39 is 109 Å². The number of nitrogens with zero attached hydrogens (tertiary/aromatic N) is 4. The molecule has 2 fully saturated rings. The third kappa shape index (κ3) is 21.4. The molecule has 1 aromatic heterocycles. The number of amides is 9. The highest BCUT2D eigenvalue weighted by Gasteiger charge is 2.40. The van der Waals surface area contributed by atoms with E-state index in [1.54, 1.807) is 0 Å². The first-order chi connectivity index (χ1) is 36.3. The van der Waals surface area contributed by atoms with Gasteiger partial charge in [-0.2, -0.15) is 0 Å². The number of rotatable bonds is 34. The zero-order chi connectivity index (χ0) is 56.2. The highest BCUT2D eigenvalue weighted by Crippen LogP contribution is 2.28. The zero-order valence-corrected chi connectivity index (χ0v) is 43.1. The van der Waals surface area contributed by atoms with Crippen molar-refractivity contribution < 1.29 is 48.3 Å². The molecule has 3 rings (SSSR count). The molecule has 1 aromatic rings. The lowest BCUT2D eigenvalue weighted by atomic mass is 9.96. The fraction of sp³-hybridized carbons (Fsp3) is 0.660. The highest BCUT2D eigenvalue weighted by atomic mass is 16.3. The van der Waals surface area contributed by atoms with Gasteiger partial charge in [0.25, 0.3) is 17.7 Å². The molecule has 0 spiro atoms. The van der Waals surface area contributed by atoms with E-state index >= 15 is 0 Å². The second kappa shape index (κ2) is 33.9. The first-order valence-electron chi connectivity index (χ1n) is 25.8. The Hall–Kier alpha value is -6.92. The van der Waals surface area contributed by atoms with E-state index in [1.807, 2.05) is 0 Å². The number of nitrogens with one attached hydrogen (secondary N) is 7. The Balaban J connectivity index is 1.80. The maximum Gasteiger partial charge on any atom is 0.269 e. The van der Waals surface area contributed by atoms with Gasteiger partial charge in [-0.25, -0.2) is 9.98 Å². The zero-order valence-electron chi connectivity index (χ0n) is 43.1. The number of carbonyl (C=O) groups is 9. The molecule has 1 aliphatic heterocycles. The van der Waals surface area contributed by atoms with Gasteiger partial charge in [-0.3, -0.25) is 48.1 Å². The summed E-state index contributed by atoms with van der Waals surface area (Å²) in [5.41, 5.74) is 44.9. The van der Waals surface area contributed by atoms with Crippen molar-refractivity contribution in [2.75, 3.05) is 45.8 Å². The van der Waals surface area contributed by atoms with Crippen molar-refractivity contribution in [2.45, 2.75) is 145 Å². The second-order valence-corrected chi connectivity index (χ2v) is 18.7. The molecule has 29 heteroatoms. The number of aromatic amines is 1. The summed E-state index contributed by atoms with van der Waals surface area (Å²) < 4.78 is 0. The van der Waals surface area contributed by atoms with Crippen LogP contribution in [-0.2, 0) is 49.6 Å². The summed E-state index contributed by atoms with van der Waals surface area (Å²) >= 11 is 0. The number of imidazole rings is 1. The summed E-state index contributed by atoms with van der Waals surface area (Å²) in [6.45, 7) is -0.119. The summed E-state index contributed by atoms with van der Waals surface area (Å²) in [7, 11) is 0. The number of guanidine groups is 1. The van der Waals surface area contributed by atoms with Gasteiger partial charge in [0.2, 0.25) is 35.4 Å². The van der Waals surface area contributed by atoms with Crippen LogP contribution < -0.4 is 77.8 Å². The van der Waals surface area contributed by atoms with Crippen molar-refractivity contribution in [1.82, 2.24) is 46.8 Å². The van der Waals surface area contributed by atoms with E-state index in [4.69, 9.17) is 45.9 Å². The molecular formula is C47H81N19O10. The van der Waals surface area contributed by atoms with Gasteiger partial charge in [0, 0.05) is 37.9 Å². The van der Waals surface area contributed by atoms with E-state index in [9.17, 15) is 48.3 Å². The summed E-state index contributed by atoms with van der Waals surface area (Å²) in [4.78, 5) is 138. The summed E-state index contributed by atoms with van der Waals surface area (Å²) in [5, 5.41) is 26.1. The molecule has 1 saturated carbocycles. The molecule has 24 N–H and O–H groups in total. The number of aromatic nitrogens is 2. The predicted molar refractivity (Wildman–Crippen MR) is 280 cm³/mol. The van der Waals surface area contributed by atoms with Crippen molar-refractivity contribution in [3.63, 3.8) is 0 Å².